The standard InChI is InChI=1S/C18H12N4O2/c1-23-15-5-2-13(3-6-15)18-22-16-8-14(4-7-17(16)24-18)21-11-12(9-19)10-20/h2-8,11,21H,1H3. The molecule has 0 amide bonds. The summed E-state index contributed by atoms with van der Waals surface area (Å²) in [7, 11) is 1.61. The second-order valence-electron chi connectivity index (χ2n) is 4.86. The lowest BCUT2D eigenvalue weighted by Crippen LogP contribution is -1.89. The molecule has 116 valence electrons. The number of hydrogen-bond acceptors (Lipinski definition) is 6. The van der Waals surface area contributed by atoms with Crippen molar-refractivity contribution in [1.82, 2.24) is 4.98 Å². The highest BCUT2D eigenvalue weighted by molar-refractivity contribution is 5.80. The van der Waals surface area contributed by atoms with Crippen LogP contribution in [0.5, 0.6) is 5.75 Å². The van der Waals surface area contributed by atoms with Gasteiger partial charge in [0.1, 0.15) is 29.0 Å². The molecule has 6 nitrogen and oxygen atoms in total. The first-order chi connectivity index (χ1) is 11.7. The molecule has 1 heterocycles. The molecule has 0 fully saturated rings. The first-order valence-electron chi connectivity index (χ1n) is 7.05. The molecule has 24 heavy (non-hydrogen) atoms. The van der Waals surface area contributed by atoms with E-state index >= 15 is 0 Å². The minimum Gasteiger partial charge on any atom is -0.497 e. The Morgan fingerprint density at radius 1 is 1.17 bits per heavy atom. The molecule has 0 aliphatic heterocycles. The van der Waals surface area contributed by atoms with Crippen molar-refractivity contribution in [3.63, 3.8) is 0 Å². The molecule has 0 spiro atoms. The summed E-state index contributed by atoms with van der Waals surface area (Å²) >= 11 is 0. The van der Waals surface area contributed by atoms with Crippen LogP contribution in [0.4, 0.5) is 5.69 Å². The van der Waals surface area contributed by atoms with Crippen molar-refractivity contribution in [1.29, 1.82) is 10.5 Å². The zero-order chi connectivity index (χ0) is 16.9. The molecule has 3 aromatic rings. The zero-order valence-electron chi connectivity index (χ0n) is 12.8. The Kier molecular flexibility index (Phi) is 4.13. The maximum atomic E-state index is 8.73. The van der Waals surface area contributed by atoms with Gasteiger partial charge in [-0.2, -0.15) is 10.5 Å². The van der Waals surface area contributed by atoms with Gasteiger partial charge in [-0.05, 0) is 42.5 Å². The van der Waals surface area contributed by atoms with Gasteiger partial charge >= 0.3 is 0 Å². The van der Waals surface area contributed by atoms with Crippen LogP contribution in [0, 0.1) is 22.7 Å². The number of oxazole rings is 1. The molecule has 0 bridgehead atoms. The largest absolute Gasteiger partial charge is 0.497 e. The van der Waals surface area contributed by atoms with Crippen LogP contribution in [0.3, 0.4) is 0 Å². The molecule has 0 unspecified atom stereocenters. The first kappa shape index (κ1) is 15.1. The fraction of sp³-hybridized carbons (Fsp3) is 0.0556. The van der Waals surface area contributed by atoms with Crippen LogP contribution in [-0.2, 0) is 0 Å². The number of rotatable bonds is 4. The number of nitrogens with one attached hydrogen (secondary N) is 1. The van der Waals surface area contributed by atoms with Gasteiger partial charge in [-0.1, -0.05) is 0 Å². The van der Waals surface area contributed by atoms with Crippen molar-refractivity contribution in [2.24, 2.45) is 0 Å². The quantitative estimate of drug-likeness (QED) is 0.735. The number of anilines is 1. The predicted molar refractivity (Wildman–Crippen MR) is 88.9 cm³/mol. The van der Waals surface area contributed by atoms with Crippen LogP contribution in [-0.4, -0.2) is 12.1 Å². The van der Waals surface area contributed by atoms with Crippen molar-refractivity contribution < 1.29 is 9.15 Å². The molecule has 0 saturated heterocycles. The lowest BCUT2D eigenvalue weighted by molar-refractivity contribution is 0.415. The van der Waals surface area contributed by atoms with Gasteiger partial charge in [0.25, 0.3) is 0 Å². The fourth-order valence-electron chi connectivity index (χ4n) is 2.12. The van der Waals surface area contributed by atoms with Gasteiger partial charge in [0.2, 0.25) is 5.89 Å². The SMILES string of the molecule is COc1ccc(-c2nc3cc(NC=C(C#N)C#N)ccc3o2)cc1. The minimum absolute atomic E-state index is 0.00540. The highest BCUT2D eigenvalue weighted by Crippen LogP contribution is 2.27. The molecule has 0 saturated carbocycles. The van der Waals surface area contributed by atoms with Crippen LogP contribution < -0.4 is 10.1 Å². The number of methoxy groups -OCH3 is 1. The van der Waals surface area contributed by atoms with E-state index in [1.165, 1.54) is 6.20 Å². The second-order valence-corrected chi connectivity index (χ2v) is 4.86. The summed E-state index contributed by atoms with van der Waals surface area (Å²) in [6, 6.07) is 16.4. The Bertz CT molecular complexity index is 973. The number of nitrogens with zero attached hydrogens (tertiary/aromatic N) is 3. The molecule has 3 rings (SSSR count). The monoisotopic (exact) mass is 316 g/mol. The summed E-state index contributed by atoms with van der Waals surface area (Å²) in [5.74, 6) is 1.27. The van der Waals surface area contributed by atoms with Crippen molar-refractivity contribution in [3.8, 4) is 29.3 Å². The molecule has 1 N–H and O–H groups in total. The summed E-state index contributed by atoms with van der Waals surface area (Å²) in [4.78, 5) is 4.47. The highest BCUT2D eigenvalue weighted by Gasteiger charge is 2.09. The maximum Gasteiger partial charge on any atom is 0.227 e. The number of ether oxygens (including phenoxy) is 1. The number of nitriles is 2. The predicted octanol–water partition coefficient (Wildman–Crippen LogP) is 3.85. The zero-order valence-corrected chi connectivity index (χ0v) is 12.8. The molecule has 6 heteroatoms. The van der Waals surface area contributed by atoms with E-state index in [0.29, 0.717) is 22.7 Å². The Balaban J connectivity index is 1.90. The van der Waals surface area contributed by atoms with Gasteiger partial charge < -0.3 is 14.5 Å². The van der Waals surface area contributed by atoms with Crippen molar-refractivity contribution in [2.75, 3.05) is 12.4 Å². The molecular formula is C18H12N4O2. The topological polar surface area (TPSA) is 94.9 Å². The summed E-state index contributed by atoms with van der Waals surface area (Å²) < 4.78 is 10.9. The molecule has 2 aromatic carbocycles. The van der Waals surface area contributed by atoms with Crippen LogP contribution >= 0.6 is 0 Å². The molecule has 0 radical (unpaired) electrons. The van der Waals surface area contributed by atoms with Crippen molar-refractivity contribution >= 4 is 16.8 Å². The number of hydrogen-bond donors (Lipinski definition) is 1. The average molecular weight is 316 g/mol. The normalized spacial score (nSPS) is 9.79. The van der Waals surface area contributed by atoms with Crippen molar-refractivity contribution in [3.05, 3.63) is 54.2 Å². The minimum atomic E-state index is -0.00540. The lowest BCUT2D eigenvalue weighted by atomic mass is 10.2. The number of aromatic nitrogens is 1. The molecule has 1 aromatic heterocycles. The number of allylic oxidation sites excluding steroid dienone is 1. The third-order valence-electron chi connectivity index (χ3n) is 3.35. The molecule has 0 atom stereocenters. The Labute approximate surface area is 138 Å². The molecule has 0 aliphatic carbocycles. The smallest absolute Gasteiger partial charge is 0.227 e. The van der Waals surface area contributed by atoms with Gasteiger partial charge in [-0.3, -0.25) is 0 Å². The van der Waals surface area contributed by atoms with Crippen LogP contribution in [0.2, 0.25) is 0 Å². The van der Waals surface area contributed by atoms with E-state index in [9.17, 15) is 0 Å². The van der Waals surface area contributed by atoms with E-state index in [4.69, 9.17) is 19.7 Å². The first-order valence-corrected chi connectivity index (χ1v) is 7.05. The average Bonchev–Trinajstić information content (AvgIpc) is 3.06. The van der Waals surface area contributed by atoms with Gasteiger partial charge in [0.05, 0.1) is 7.11 Å². The van der Waals surface area contributed by atoms with E-state index in [2.05, 4.69) is 10.3 Å². The van der Waals surface area contributed by atoms with Gasteiger partial charge in [-0.25, -0.2) is 4.98 Å². The van der Waals surface area contributed by atoms with E-state index in [1.807, 2.05) is 24.3 Å². The van der Waals surface area contributed by atoms with Gasteiger partial charge in [0, 0.05) is 17.5 Å². The number of benzene rings is 2. The third-order valence-corrected chi connectivity index (χ3v) is 3.35. The fourth-order valence-corrected chi connectivity index (χ4v) is 2.12. The lowest BCUT2D eigenvalue weighted by Gasteiger charge is -1.99. The Morgan fingerprint density at radius 2 is 1.92 bits per heavy atom. The summed E-state index contributed by atoms with van der Waals surface area (Å²) in [5, 5.41) is 20.3. The summed E-state index contributed by atoms with van der Waals surface area (Å²) in [6.45, 7) is 0. The van der Waals surface area contributed by atoms with Crippen LogP contribution in [0.15, 0.2) is 58.7 Å². The summed E-state index contributed by atoms with van der Waals surface area (Å²) in [5.41, 5.74) is 2.87. The van der Waals surface area contributed by atoms with E-state index in [0.717, 1.165) is 11.3 Å². The van der Waals surface area contributed by atoms with Crippen LogP contribution in [0.1, 0.15) is 0 Å². The maximum absolute atomic E-state index is 8.73. The van der Waals surface area contributed by atoms with E-state index in [-0.39, 0.29) is 5.57 Å². The van der Waals surface area contributed by atoms with E-state index in [1.54, 1.807) is 37.4 Å². The van der Waals surface area contributed by atoms with Gasteiger partial charge in [0.15, 0.2) is 5.58 Å². The Hall–Kier alpha value is -3.77. The third kappa shape index (κ3) is 3.03. The Morgan fingerprint density at radius 3 is 2.58 bits per heavy atom. The van der Waals surface area contributed by atoms with Gasteiger partial charge in [-0.15, -0.1) is 0 Å². The van der Waals surface area contributed by atoms with Crippen LogP contribution in [0.25, 0.3) is 22.6 Å². The molecule has 0 aliphatic rings. The highest BCUT2D eigenvalue weighted by atomic mass is 16.5. The molecular weight excluding hydrogens is 304 g/mol. The number of fused-ring (bicyclic) bond motifs is 1. The summed E-state index contributed by atoms with van der Waals surface area (Å²) in [6.07, 6.45) is 1.35. The second kappa shape index (κ2) is 6.55. The van der Waals surface area contributed by atoms with Crippen molar-refractivity contribution in [2.45, 2.75) is 0 Å². The van der Waals surface area contributed by atoms with E-state index < -0.39 is 0 Å².